The fourth-order valence-corrected chi connectivity index (χ4v) is 2.91. The Morgan fingerprint density at radius 1 is 1.28 bits per heavy atom. The summed E-state index contributed by atoms with van der Waals surface area (Å²) in [6.45, 7) is 7.42. The molecule has 1 aromatic rings. The summed E-state index contributed by atoms with van der Waals surface area (Å²) in [4.78, 5) is 24.4. The van der Waals surface area contributed by atoms with Crippen molar-refractivity contribution >= 4 is 27.9 Å². The van der Waals surface area contributed by atoms with Crippen LogP contribution in [0.1, 0.15) is 50.9 Å². The Morgan fingerprint density at radius 2 is 1.92 bits per heavy atom. The molecule has 0 spiro atoms. The quantitative estimate of drug-likeness (QED) is 0.764. The van der Waals surface area contributed by atoms with Crippen molar-refractivity contribution in [3.8, 4) is 0 Å². The Bertz CT molecular complexity index is 671. The van der Waals surface area contributed by atoms with Crippen LogP contribution in [-0.4, -0.2) is 29.7 Å². The average molecular weight is 415 g/mol. The number of rotatable bonds is 5. The summed E-state index contributed by atoms with van der Waals surface area (Å²) in [5.74, 6) is -0.847. The fourth-order valence-electron chi connectivity index (χ4n) is 2.58. The summed E-state index contributed by atoms with van der Waals surface area (Å²) in [7, 11) is 0. The second-order valence-corrected chi connectivity index (χ2v) is 8.54. The van der Waals surface area contributed by atoms with E-state index in [0.29, 0.717) is 4.47 Å². The minimum Gasteiger partial charge on any atom is -0.444 e. The highest BCUT2D eigenvalue weighted by Gasteiger charge is 2.43. The van der Waals surface area contributed by atoms with Crippen LogP contribution in [0, 0.1) is 11.7 Å². The van der Waals surface area contributed by atoms with Crippen LogP contribution < -0.4 is 10.6 Å². The highest BCUT2D eigenvalue weighted by Crippen LogP contribution is 2.39. The first-order chi connectivity index (χ1) is 11.5. The number of benzene rings is 1. The fraction of sp³-hybridized carbons (Fsp3) is 0.556. The second kappa shape index (κ2) is 7.32. The minimum absolute atomic E-state index is 0.0210. The van der Waals surface area contributed by atoms with E-state index in [1.807, 2.05) is 6.92 Å². The Kier molecular flexibility index (Phi) is 5.76. The van der Waals surface area contributed by atoms with Crippen molar-refractivity contribution in [3.05, 3.63) is 34.1 Å². The molecule has 2 amide bonds. The van der Waals surface area contributed by atoms with Crippen molar-refractivity contribution in [2.45, 2.75) is 51.7 Å². The molecule has 1 unspecified atom stereocenters. The molecule has 1 aliphatic carbocycles. The topological polar surface area (TPSA) is 67.4 Å². The molecular formula is C18H24BrFN2O3. The van der Waals surface area contributed by atoms with E-state index in [9.17, 15) is 14.0 Å². The van der Waals surface area contributed by atoms with Gasteiger partial charge in [-0.05, 0) is 64.7 Å². The molecule has 1 aromatic carbocycles. The van der Waals surface area contributed by atoms with Crippen LogP contribution in [0.4, 0.5) is 9.18 Å². The molecular weight excluding hydrogens is 391 g/mol. The molecule has 5 nitrogen and oxygen atoms in total. The van der Waals surface area contributed by atoms with Crippen molar-refractivity contribution in [2.75, 3.05) is 6.54 Å². The van der Waals surface area contributed by atoms with Gasteiger partial charge in [0.15, 0.2) is 0 Å². The van der Waals surface area contributed by atoms with E-state index >= 15 is 0 Å². The van der Waals surface area contributed by atoms with Crippen molar-refractivity contribution in [3.63, 3.8) is 0 Å². The Morgan fingerprint density at radius 3 is 2.44 bits per heavy atom. The van der Waals surface area contributed by atoms with Gasteiger partial charge in [-0.1, -0.05) is 15.9 Å². The molecule has 1 aliphatic rings. The molecule has 2 N–H and O–H groups in total. The van der Waals surface area contributed by atoms with Crippen molar-refractivity contribution in [2.24, 2.45) is 5.92 Å². The summed E-state index contributed by atoms with van der Waals surface area (Å²) < 4.78 is 19.8. The number of carbonyl (C=O) groups is 2. The first kappa shape index (κ1) is 19.7. The largest absolute Gasteiger partial charge is 0.444 e. The van der Waals surface area contributed by atoms with Gasteiger partial charge in [0.05, 0.1) is 11.1 Å². The lowest BCUT2D eigenvalue weighted by Crippen LogP contribution is -2.55. The van der Waals surface area contributed by atoms with Crippen LogP contribution in [0.15, 0.2) is 22.7 Å². The van der Waals surface area contributed by atoms with Gasteiger partial charge in [-0.15, -0.1) is 0 Å². The molecule has 0 radical (unpaired) electrons. The molecule has 0 heterocycles. The van der Waals surface area contributed by atoms with E-state index in [4.69, 9.17) is 4.74 Å². The van der Waals surface area contributed by atoms with Gasteiger partial charge in [0.25, 0.3) is 5.91 Å². The zero-order chi connectivity index (χ0) is 18.8. The summed E-state index contributed by atoms with van der Waals surface area (Å²) in [6, 6.07) is 4.30. The molecule has 1 fully saturated rings. The molecule has 25 heavy (non-hydrogen) atoms. The number of carbonyl (C=O) groups excluding carboxylic acids is 2. The van der Waals surface area contributed by atoms with E-state index in [-0.39, 0.29) is 18.0 Å². The van der Waals surface area contributed by atoms with Crippen LogP contribution in [0.5, 0.6) is 0 Å². The van der Waals surface area contributed by atoms with Crippen molar-refractivity contribution in [1.82, 2.24) is 10.6 Å². The van der Waals surface area contributed by atoms with Crippen molar-refractivity contribution in [1.29, 1.82) is 0 Å². The molecule has 7 heteroatoms. The van der Waals surface area contributed by atoms with E-state index in [1.165, 1.54) is 12.1 Å². The average Bonchev–Trinajstić information content (AvgIpc) is 3.28. The molecule has 2 rings (SSSR count). The first-order valence-electron chi connectivity index (χ1n) is 8.24. The Balaban J connectivity index is 2.04. The van der Waals surface area contributed by atoms with E-state index < -0.39 is 29.0 Å². The number of hydrogen-bond acceptors (Lipinski definition) is 3. The molecule has 0 bridgehead atoms. The van der Waals surface area contributed by atoms with Crippen LogP contribution in [0.25, 0.3) is 0 Å². The third kappa shape index (κ3) is 5.70. The van der Waals surface area contributed by atoms with E-state index in [2.05, 4.69) is 26.6 Å². The highest BCUT2D eigenvalue weighted by atomic mass is 79.9. The predicted octanol–water partition coefficient (Wildman–Crippen LogP) is 4.01. The SMILES string of the molecule is CC(C)(C)OC(=O)NCC(C)(NC(=O)c1ccc(Br)cc1F)C1CC1. The summed E-state index contributed by atoms with van der Waals surface area (Å²) >= 11 is 3.17. The van der Waals surface area contributed by atoms with Crippen molar-refractivity contribution < 1.29 is 18.7 Å². The summed E-state index contributed by atoms with van der Waals surface area (Å²) in [5, 5.41) is 5.59. The molecule has 1 saturated carbocycles. The van der Waals surface area contributed by atoms with Gasteiger partial charge in [0.2, 0.25) is 0 Å². The highest BCUT2D eigenvalue weighted by molar-refractivity contribution is 9.10. The zero-order valence-corrected chi connectivity index (χ0v) is 16.5. The van der Waals surface area contributed by atoms with Gasteiger partial charge in [-0.2, -0.15) is 0 Å². The maximum Gasteiger partial charge on any atom is 0.407 e. The molecule has 0 aromatic heterocycles. The molecule has 138 valence electrons. The third-order valence-electron chi connectivity index (χ3n) is 4.05. The Hall–Kier alpha value is -1.63. The minimum atomic E-state index is -0.659. The van der Waals surface area contributed by atoms with Crippen LogP contribution in [0.2, 0.25) is 0 Å². The van der Waals surface area contributed by atoms with Crippen LogP contribution >= 0.6 is 15.9 Å². The maximum absolute atomic E-state index is 14.0. The first-order valence-corrected chi connectivity index (χ1v) is 9.04. The number of alkyl carbamates (subject to hydrolysis) is 1. The lowest BCUT2D eigenvalue weighted by Gasteiger charge is -2.32. The lowest BCUT2D eigenvalue weighted by molar-refractivity contribution is 0.0502. The standard InChI is InChI=1S/C18H24BrFN2O3/c1-17(2,3)25-16(24)21-10-18(4,11-5-6-11)22-15(23)13-8-7-12(19)9-14(13)20/h7-9,11H,5-6,10H2,1-4H3,(H,21,24)(H,22,23). The summed E-state index contributed by atoms with van der Waals surface area (Å²) in [5.41, 5.74) is -1.27. The second-order valence-electron chi connectivity index (χ2n) is 7.63. The normalized spacial score (nSPS) is 16.7. The molecule has 1 atom stereocenters. The van der Waals surface area contributed by atoms with Gasteiger partial charge in [0.1, 0.15) is 11.4 Å². The Labute approximate surface area is 155 Å². The van der Waals surface area contributed by atoms with Gasteiger partial charge >= 0.3 is 6.09 Å². The maximum atomic E-state index is 14.0. The number of nitrogens with one attached hydrogen (secondary N) is 2. The lowest BCUT2D eigenvalue weighted by atomic mass is 9.95. The van der Waals surface area contributed by atoms with E-state index in [1.54, 1.807) is 26.8 Å². The van der Waals surface area contributed by atoms with Gasteiger partial charge < -0.3 is 15.4 Å². The zero-order valence-electron chi connectivity index (χ0n) is 14.9. The van der Waals surface area contributed by atoms with Gasteiger partial charge in [0, 0.05) is 11.0 Å². The number of amides is 2. The monoisotopic (exact) mass is 414 g/mol. The number of ether oxygens (including phenoxy) is 1. The van der Waals surface area contributed by atoms with Gasteiger partial charge in [-0.3, -0.25) is 4.79 Å². The van der Waals surface area contributed by atoms with Crippen LogP contribution in [-0.2, 0) is 4.74 Å². The van der Waals surface area contributed by atoms with Crippen LogP contribution in [0.3, 0.4) is 0 Å². The van der Waals surface area contributed by atoms with Gasteiger partial charge in [-0.25, -0.2) is 9.18 Å². The third-order valence-corrected chi connectivity index (χ3v) is 4.55. The summed E-state index contributed by atoms with van der Waals surface area (Å²) in [6.07, 6.45) is 1.37. The predicted molar refractivity (Wildman–Crippen MR) is 96.9 cm³/mol. The smallest absolute Gasteiger partial charge is 0.407 e. The molecule has 0 aliphatic heterocycles. The van der Waals surface area contributed by atoms with E-state index in [0.717, 1.165) is 12.8 Å². The number of halogens is 2. The molecule has 0 saturated heterocycles. The number of hydrogen-bond donors (Lipinski definition) is 2.